The first-order valence-corrected chi connectivity index (χ1v) is 8.33. The molecule has 1 rings (SSSR count). The van der Waals surface area contributed by atoms with Gasteiger partial charge in [-0.1, -0.05) is 13.8 Å². The summed E-state index contributed by atoms with van der Waals surface area (Å²) >= 11 is 2.99. The number of hydrogen-bond acceptors (Lipinski definition) is 4. The van der Waals surface area contributed by atoms with Crippen LogP contribution < -0.4 is 10.5 Å². The molecule has 0 fully saturated rings. The monoisotopic (exact) mass is 368 g/mol. The van der Waals surface area contributed by atoms with Gasteiger partial charge < -0.3 is 10.8 Å². The Morgan fingerprint density at radius 2 is 2.05 bits per heavy atom. The Hall–Kier alpha value is -0.700. The molecule has 0 heterocycles. The van der Waals surface area contributed by atoms with Gasteiger partial charge in [-0.3, -0.25) is 0 Å². The van der Waals surface area contributed by atoms with Crippen molar-refractivity contribution >= 4 is 31.6 Å². The fourth-order valence-electron chi connectivity index (χ4n) is 1.66. The molecule has 8 heteroatoms. The Bertz CT molecular complexity index is 578. The number of hydrogen-bond donors (Lipinski definition) is 3. The zero-order chi connectivity index (χ0) is 15.5. The summed E-state index contributed by atoms with van der Waals surface area (Å²) in [5.41, 5.74) is 5.12. The molecule has 0 aromatic heterocycles. The first kappa shape index (κ1) is 17.4. The van der Waals surface area contributed by atoms with Gasteiger partial charge in [0.25, 0.3) is 0 Å². The van der Waals surface area contributed by atoms with Gasteiger partial charge in [0.1, 0.15) is 5.82 Å². The van der Waals surface area contributed by atoms with Crippen molar-refractivity contribution in [2.75, 3.05) is 12.3 Å². The molecule has 0 bridgehead atoms. The van der Waals surface area contributed by atoms with Crippen LogP contribution in [-0.2, 0) is 10.0 Å². The minimum Gasteiger partial charge on any atom is -0.396 e. The van der Waals surface area contributed by atoms with Crippen LogP contribution in [0.25, 0.3) is 0 Å². The highest BCUT2D eigenvalue weighted by Gasteiger charge is 2.21. The first-order valence-electron chi connectivity index (χ1n) is 6.05. The van der Waals surface area contributed by atoms with Crippen LogP contribution in [0, 0.1) is 11.7 Å². The molecule has 20 heavy (non-hydrogen) atoms. The van der Waals surface area contributed by atoms with Crippen molar-refractivity contribution < 1.29 is 17.9 Å². The molecule has 0 saturated carbocycles. The minimum absolute atomic E-state index is 0.0787. The van der Waals surface area contributed by atoms with Crippen LogP contribution in [0.4, 0.5) is 10.1 Å². The van der Waals surface area contributed by atoms with Crippen LogP contribution in [0.1, 0.15) is 20.3 Å². The zero-order valence-electron chi connectivity index (χ0n) is 11.2. The number of nitrogens with one attached hydrogen (secondary N) is 1. The molecular weight excluding hydrogens is 351 g/mol. The highest BCUT2D eigenvalue weighted by Crippen LogP contribution is 2.26. The molecule has 0 aliphatic heterocycles. The molecular formula is C12H18BrFN2O3S. The average molecular weight is 369 g/mol. The smallest absolute Gasteiger partial charge is 0.241 e. The van der Waals surface area contributed by atoms with Gasteiger partial charge in [0.05, 0.1) is 16.7 Å². The van der Waals surface area contributed by atoms with Crippen LogP contribution in [0.2, 0.25) is 0 Å². The van der Waals surface area contributed by atoms with Gasteiger partial charge in [0, 0.05) is 11.0 Å². The Kier molecular flexibility index (Phi) is 5.93. The third-order valence-corrected chi connectivity index (χ3v) is 4.98. The molecule has 4 N–H and O–H groups in total. The fourth-order valence-corrected chi connectivity index (χ4v) is 3.78. The fraction of sp³-hybridized carbons (Fsp3) is 0.500. The van der Waals surface area contributed by atoms with E-state index in [1.165, 1.54) is 0 Å². The van der Waals surface area contributed by atoms with Crippen LogP contribution in [0.15, 0.2) is 21.5 Å². The number of benzene rings is 1. The molecule has 0 amide bonds. The molecule has 1 unspecified atom stereocenters. The predicted molar refractivity (Wildman–Crippen MR) is 79.2 cm³/mol. The first-order chi connectivity index (χ1) is 9.13. The van der Waals surface area contributed by atoms with Crippen LogP contribution in [0.3, 0.4) is 0 Å². The Balaban J connectivity index is 2.87. The van der Waals surface area contributed by atoms with Gasteiger partial charge in [-0.25, -0.2) is 17.5 Å². The second-order valence-electron chi connectivity index (χ2n) is 4.94. The number of anilines is 1. The van der Waals surface area contributed by atoms with Crippen molar-refractivity contribution in [3.05, 3.63) is 22.4 Å². The zero-order valence-corrected chi connectivity index (χ0v) is 13.6. The van der Waals surface area contributed by atoms with Gasteiger partial charge in [-0.2, -0.15) is 0 Å². The van der Waals surface area contributed by atoms with Crippen LogP contribution in [-0.4, -0.2) is 26.2 Å². The summed E-state index contributed by atoms with van der Waals surface area (Å²) in [6.07, 6.45) is -0.295. The Morgan fingerprint density at radius 3 is 2.60 bits per heavy atom. The van der Waals surface area contributed by atoms with Crippen LogP contribution in [0.5, 0.6) is 0 Å². The Labute approximate surface area is 126 Å². The van der Waals surface area contributed by atoms with E-state index in [-0.39, 0.29) is 27.5 Å². The molecule has 0 radical (unpaired) electrons. The van der Waals surface area contributed by atoms with E-state index in [1.807, 2.05) is 13.8 Å². The average Bonchev–Trinajstić information content (AvgIpc) is 2.30. The van der Waals surface area contributed by atoms with Gasteiger partial charge in [0.15, 0.2) is 0 Å². The van der Waals surface area contributed by atoms with Crippen molar-refractivity contribution in [1.29, 1.82) is 0 Å². The molecule has 5 nitrogen and oxygen atoms in total. The Morgan fingerprint density at radius 1 is 1.45 bits per heavy atom. The van der Waals surface area contributed by atoms with Crippen molar-refractivity contribution in [3.63, 3.8) is 0 Å². The third kappa shape index (κ3) is 4.69. The molecule has 0 aliphatic carbocycles. The molecule has 0 saturated heterocycles. The summed E-state index contributed by atoms with van der Waals surface area (Å²) < 4.78 is 39.7. The summed E-state index contributed by atoms with van der Waals surface area (Å²) in [4.78, 5) is -0.159. The predicted octanol–water partition coefficient (Wildman–Crippen LogP) is 1.86. The van der Waals surface area contributed by atoms with Gasteiger partial charge >= 0.3 is 0 Å². The number of aliphatic hydroxyl groups is 1. The second-order valence-corrected chi connectivity index (χ2v) is 7.53. The number of sulfonamides is 1. The number of nitrogens with two attached hydrogens (primary N) is 1. The van der Waals surface area contributed by atoms with Gasteiger partial charge in [0.2, 0.25) is 10.0 Å². The lowest BCUT2D eigenvalue weighted by molar-refractivity contribution is 0.152. The molecule has 1 aromatic rings. The number of nitrogen functional groups attached to an aromatic ring is 1. The van der Waals surface area contributed by atoms with E-state index in [2.05, 4.69) is 20.7 Å². The molecule has 1 aromatic carbocycles. The lowest BCUT2D eigenvalue weighted by Crippen LogP contribution is -2.33. The van der Waals surface area contributed by atoms with Crippen molar-refractivity contribution in [2.45, 2.75) is 31.3 Å². The number of aliphatic hydroxyl groups excluding tert-OH is 1. The quantitative estimate of drug-likeness (QED) is 0.668. The van der Waals surface area contributed by atoms with Crippen molar-refractivity contribution in [2.24, 2.45) is 5.92 Å². The molecule has 0 aliphatic rings. The SMILES string of the molecule is CC(C)CC(O)CNS(=O)(=O)c1cc(N)c(F)cc1Br. The summed E-state index contributed by atoms with van der Waals surface area (Å²) in [7, 11) is -3.86. The highest BCUT2D eigenvalue weighted by molar-refractivity contribution is 9.10. The highest BCUT2D eigenvalue weighted by atomic mass is 79.9. The maximum atomic E-state index is 13.2. The summed E-state index contributed by atoms with van der Waals surface area (Å²) in [6.45, 7) is 3.74. The summed E-state index contributed by atoms with van der Waals surface area (Å²) in [5.74, 6) is -0.446. The van der Waals surface area contributed by atoms with Gasteiger partial charge in [-0.15, -0.1) is 0 Å². The second kappa shape index (κ2) is 6.84. The van der Waals surface area contributed by atoms with E-state index in [1.54, 1.807) is 0 Å². The number of halogens is 2. The molecule has 1 atom stereocenters. The summed E-state index contributed by atoms with van der Waals surface area (Å²) in [5, 5.41) is 9.67. The van der Waals surface area contributed by atoms with E-state index in [9.17, 15) is 17.9 Å². The lowest BCUT2D eigenvalue weighted by Gasteiger charge is -2.15. The van der Waals surface area contributed by atoms with Gasteiger partial charge in [-0.05, 0) is 40.4 Å². The van der Waals surface area contributed by atoms with E-state index in [0.29, 0.717) is 6.42 Å². The van der Waals surface area contributed by atoms with E-state index < -0.39 is 21.9 Å². The van der Waals surface area contributed by atoms with E-state index >= 15 is 0 Å². The minimum atomic E-state index is -3.86. The van der Waals surface area contributed by atoms with E-state index in [0.717, 1.165) is 12.1 Å². The maximum absolute atomic E-state index is 13.2. The topological polar surface area (TPSA) is 92.4 Å². The molecule has 0 spiro atoms. The van der Waals surface area contributed by atoms with Crippen molar-refractivity contribution in [3.8, 4) is 0 Å². The molecule has 114 valence electrons. The standard InChI is InChI=1S/C12H18BrFN2O3S/c1-7(2)3-8(17)6-16-20(18,19)12-5-11(15)10(14)4-9(12)13/h4-5,7-8,16-17H,3,6,15H2,1-2H3. The lowest BCUT2D eigenvalue weighted by atomic mass is 10.1. The van der Waals surface area contributed by atoms with Crippen LogP contribution >= 0.6 is 15.9 Å². The van der Waals surface area contributed by atoms with E-state index in [4.69, 9.17) is 5.73 Å². The maximum Gasteiger partial charge on any atom is 0.241 e. The normalized spacial score (nSPS) is 13.7. The largest absolute Gasteiger partial charge is 0.396 e. The number of rotatable bonds is 6. The summed E-state index contributed by atoms with van der Waals surface area (Å²) in [6, 6.07) is 2.03. The van der Waals surface area contributed by atoms with Crippen molar-refractivity contribution in [1.82, 2.24) is 4.72 Å². The third-order valence-electron chi connectivity index (χ3n) is 2.59.